The van der Waals surface area contributed by atoms with Gasteiger partial charge in [-0.3, -0.25) is 0 Å². The van der Waals surface area contributed by atoms with Gasteiger partial charge in [-0.2, -0.15) is 0 Å². The molecule has 0 saturated carbocycles. The number of aliphatic hydroxyl groups is 1. The number of sulfone groups is 1. The first kappa shape index (κ1) is 16.4. The molecule has 0 aliphatic carbocycles. The van der Waals surface area contributed by atoms with Crippen molar-refractivity contribution in [3.05, 3.63) is 35.9 Å². The van der Waals surface area contributed by atoms with E-state index in [0.717, 1.165) is 12.1 Å². The van der Waals surface area contributed by atoms with E-state index in [1.165, 1.54) is 0 Å². The van der Waals surface area contributed by atoms with Crippen molar-refractivity contribution in [1.29, 1.82) is 0 Å². The summed E-state index contributed by atoms with van der Waals surface area (Å²) >= 11 is 0. The van der Waals surface area contributed by atoms with E-state index in [4.69, 9.17) is 5.73 Å². The highest BCUT2D eigenvalue weighted by Gasteiger charge is 2.28. The van der Waals surface area contributed by atoms with Gasteiger partial charge < -0.3 is 15.7 Å². The zero-order chi connectivity index (χ0) is 15.3. The van der Waals surface area contributed by atoms with Crippen LogP contribution in [0.25, 0.3) is 0 Å². The fourth-order valence-electron chi connectivity index (χ4n) is 2.67. The van der Waals surface area contributed by atoms with Crippen LogP contribution >= 0.6 is 0 Å². The zero-order valence-corrected chi connectivity index (χ0v) is 13.1. The van der Waals surface area contributed by atoms with Crippen molar-refractivity contribution in [2.24, 2.45) is 5.73 Å². The molecule has 0 amide bonds. The van der Waals surface area contributed by atoms with Crippen molar-refractivity contribution in [1.82, 2.24) is 4.90 Å². The summed E-state index contributed by atoms with van der Waals surface area (Å²) in [5.41, 5.74) is 5.53. The van der Waals surface area contributed by atoms with Crippen LogP contribution in [-0.2, 0) is 15.4 Å². The van der Waals surface area contributed by atoms with Gasteiger partial charge in [0.25, 0.3) is 0 Å². The summed E-state index contributed by atoms with van der Waals surface area (Å²) in [5, 5.41) is 10.7. The average molecular weight is 312 g/mol. The first-order valence-corrected chi connectivity index (χ1v) is 9.18. The Balaban J connectivity index is 1.97. The van der Waals surface area contributed by atoms with Gasteiger partial charge in [-0.1, -0.05) is 30.3 Å². The fourth-order valence-corrected chi connectivity index (χ4v) is 3.98. The lowest BCUT2D eigenvalue weighted by Gasteiger charge is -2.30. The average Bonchev–Trinajstić information content (AvgIpc) is 2.66. The minimum Gasteiger partial charge on any atom is -0.384 e. The summed E-state index contributed by atoms with van der Waals surface area (Å²) in [7, 11) is -2.89. The van der Waals surface area contributed by atoms with Crippen LogP contribution in [0.2, 0.25) is 0 Å². The van der Waals surface area contributed by atoms with Crippen LogP contribution < -0.4 is 5.73 Å². The maximum absolute atomic E-state index is 11.6. The minimum atomic E-state index is -2.89. The van der Waals surface area contributed by atoms with E-state index in [2.05, 4.69) is 4.90 Å². The van der Waals surface area contributed by atoms with Gasteiger partial charge in [0, 0.05) is 19.6 Å². The van der Waals surface area contributed by atoms with E-state index >= 15 is 0 Å². The van der Waals surface area contributed by atoms with Crippen molar-refractivity contribution in [2.75, 3.05) is 37.7 Å². The number of benzene rings is 1. The largest absolute Gasteiger partial charge is 0.384 e. The van der Waals surface area contributed by atoms with Crippen molar-refractivity contribution >= 4 is 9.84 Å². The van der Waals surface area contributed by atoms with Crippen LogP contribution in [0.3, 0.4) is 0 Å². The number of hydrogen-bond donors (Lipinski definition) is 2. The molecule has 0 spiro atoms. The molecule has 1 aliphatic heterocycles. The summed E-state index contributed by atoms with van der Waals surface area (Å²) in [6, 6.07) is 9.42. The molecule has 1 aromatic rings. The predicted octanol–water partition coefficient (Wildman–Crippen LogP) is 0.344. The third-order valence-electron chi connectivity index (χ3n) is 4.14. The Hall–Kier alpha value is -0.950. The molecular weight excluding hydrogens is 288 g/mol. The van der Waals surface area contributed by atoms with Crippen molar-refractivity contribution in [3.8, 4) is 0 Å². The molecule has 1 unspecified atom stereocenters. The number of rotatable bonds is 5. The van der Waals surface area contributed by atoms with E-state index in [9.17, 15) is 13.5 Å². The monoisotopic (exact) mass is 312 g/mol. The second-order valence-corrected chi connectivity index (χ2v) is 8.00. The lowest BCUT2D eigenvalue weighted by molar-refractivity contribution is 0.0264. The van der Waals surface area contributed by atoms with Crippen molar-refractivity contribution in [2.45, 2.75) is 18.4 Å². The normalized spacial score (nSPS) is 22.4. The van der Waals surface area contributed by atoms with E-state index in [0.29, 0.717) is 25.9 Å². The van der Waals surface area contributed by atoms with Crippen molar-refractivity contribution in [3.63, 3.8) is 0 Å². The second kappa shape index (κ2) is 6.87. The quantitative estimate of drug-likeness (QED) is 0.819. The van der Waals surface area contributed by atoms with Gasteiger partial charge >= 0.3 is 0 Å². The predicted molar refractivity (Wildman–Crippen MR) is 83.7 cm³/mol. The molecule has 2 rings (SSSR count). The first-order valence-electron chi connectivity index (χ1n) is 7.36. The molecule has 1 heterocycles. The third-order valence-corrected chi connectivity index (χ3v) is 5.85. The molecule has 118 valence electrons. The summed E-state index contributed by atoms with van der Waals surface area (Å²) in [4.78, 5) is 2.11. The summed E-state index contributed by atoms with van der Waals surface area (Å²) in [6.45, 7) is 2.10. The Morgan fingerprint density at radius 1 is 1.19 bits per heavy atom. The Morgan fingerprint density at radius 2 is 1.90 bits per heavy atom. The molecule has 1 atom stereocenters. The fraction of sp³-hybridized carbons (Fsp3) is 0.600. The van der Waals surface area contributed by atoms with Crippen LogP contribution in [-0.4, -0.2) is 56.1 Å². The molecule has 6 heteroatoms. The lowest BCUT2D eigenvalue weighted by Crippen LogP contribution is -2.39. The minimum absolute atomic E-state index is 0.156. The van der Waals surface area contributed by atoms with Gasteiger partial charge in [0.05, 0.1) is 11.5 Å². The van der Waals surface area contributed by atoms with Crippen molar-refractivity contribution < 1.29 is 13.5 Å². The second-order valence-electron chi connectivity index (χ2n) is 5.70. The van der Waals surface area contributed by atoms with Crippen LogP contribution in [0.15, 0.2) is 30.3 Å². The molecule has 0 radical (unpaired) electrons. The maximum atomic E-state index is 11.6. The topological polar surface area (TPSA) is 83.6 Å². The molecule has 3 N–H and O–H groups in total. The molecule has 1 aliphatic rings. The summed E-state index contributed by atoms with van der Waals surface area (Å²) in [6.07, 6.45) is 1.17. The highest BCUT2D eigenvalue weighted by atomic mass is 32.2. The number of nitrogens with zero attached hydrogens (tertiary/aromatic N) is 1. The number of nitrogens with two attached hydrogens (primary N) is 1. The van der Waals surface area contributed by atoms with Gasteiger partial charge in [0.2, 0.25) is 0 Å². The zero-order valence-electron chi connectivity index (χ0n) is 12.2. The standard InChI is InChI=1S/C15H24N2O3S/c16-13-15(18,14-5-2-1-3-6-14)7-9-17-8-4-11-21(19,20)12-10-17/h1-3,5-6,18H,4,7-13,16H2. The highest BCUT2D eigenvalue weighted by Crippen LogP contribution is 2.24. The highest BCUT2D eigenvalue weighted by molar-refractivity contribution is 7.91. The molecule has 5 nitrogen and oxygen atoms in total. The van der Waals surface area contributed by atoms with E-state index in [1.54, 1.807) is 0 Å². The van der Waals surface area contributed by atoms with E-state index < -0.39 is 15.4 Å². The Kier molecular flexibility index (Phi) is 5.37. The Labute approximate surface area is 126 Å². The Morgan fingerprint density at radius 3 is 2.57 bits per heavy atom. The molecule has 21 heavy (non-hydrogen) atoms. The molecule has 0 aromatic heterocycles. The SMILES string of the molecule is NCC(O)(CCN1CCCS(=O)(=O)CC1)c1ccccc1. The van der Waals surface area contributed by atoms with Gasteiger partial charge in [0.15, 0.2) is 9.84 Å². The molecule has 1 aromatic carbocycles. The van der Waals surface area contributed by atoms with Gasteiger partial charge in [-0.05, 0) is 24.9 Å². The van der Waals surface area contributed by atoms with Crippen LogP contribution in [0, 0.1) is 0 Å². The maximum Gasteiger partial charge on any atom is 0.151 e. The van der Waals surface area contributed by atoms with E-state index in [-0.39, 0.29) is 18.1 Å². The van der Waals surface area contributed by atoms with Gasteiger partial charge in [-0.25, -0.2) is 8.42 Å². The van der Waals surface area contributed by atoms with Crippen LogP contribution in [0.1, 0.15) is 18.4 Å². The Bertz CT molecular complexity index is 547. The summed E-state index contributed by atoms with van der Waals surface area (Å²) < 4.78 is 23.2. The van der Waals surface area contributed by atoms with Gasteiger partial charge in [-0.15, -0.1) is 0 Å². The smallest absolute Gasteiger partial charge is 0.151 e. The summed E-state index contributed by atoms with van der Waals surface area (Å²) in [5.74, 6) is 0.475. The number of hydrogen-bond acceptors (Lipinski definition) is 5. The molecular formula is C15H24N2O3S. The first-order chi connectivity index (χ1) is 9.95. The third kappa shape index (κ3) is 4.51. The van der Waals surface area contributed by atoms with E-state index in [1.807, 2.05) is 30.3 Å². The molecule has 1 fully saturated rings. The van der Waals surface area contributed by atoms with Gasteiger partial charge in [0.1, 0.15) is 5.60 Å². The lowest BCUT2D eigenvalue weighted by atomic mass is 9.90. The van der Waals surface area contributed by atoms with Crippen LogP contribution in [0.5, 0.6) is 0 Å². The molecule has 1 saturated heterocycles. The molecule has 0 bridgehead atoms. The van der Waals surface area contributed by atoms with Crippen LogP contribution in [0.4, 0.5) is 0 Å².